The zero-order chi connectivity index (χ0) is 12.3. The molecule has 0 aromatic heterocycles. The van der Waals surface area contributed by atoms with Crippen LogP contribution in [0, 0.1) is 0 Å². The van der Waals surface area contributed by atoms with Crippen molar-refractivity contribution in [2.45, 2.75) is 18.9 Å². The predicted molar refractivity (Wildman–Crippen MR) is 68.0 cm³/mol. The Kier molecular flexibility index (Phi) is 3.81. The van der Waals surface area contributed by atoms with Crippen molar-refractivity contribution in [3.63, 3.8) is 0 Å². The van der Waals surface area contributed by atoms with Crippen molar-refractivity contribution in [1.29, 1.82) is 0 Å². The number of nitrogens with zero attached hydrogens (tertiary/aromatic N) is 1. The minimum atomic E-state index is -3.20. The van der Waals surface area contributed by atoms with Crippen LogP contribution in [0.5, 0.6) is 0 Å². The van der Waals surface area contributed by atoms with E-state index in [2.05, 4.69) is 0 Å². The van der Waals surface area contributed by atoms with Crippen LogP contribution in [0.15, 0.2) is 30.3 Å². The number of hydrogen-bond donors (Lipinski definition) is 1. The maximum Gasteiger partial charge on any atom is 0.215 e. The topological polar surface area (TPSA) is 63.4 Å². The minimum absolute atomic E-state index is 0.00296. The third kappa shape index (κ3) is 3.06. The molecule has 2 N–H and O–H groups in total. The standard InChI is InChI=1S/C12H18N2O2S/c13-12(11-6-2-1-3-7-11)10-17(15,16)14-8-4-5-9-14/h1-3,6-7,12H,4-5,8-10,13H2. The van der Waals surface area contributed by atoms with Crippen LogP contribution in [0.3, 0.4) is 0 Å². The summed E-state index contributed by atoms with van der Waals surface area (Å²) < 4.78 is 25.7. The highest BCUT2D eigenvalue weighted by atomic mass is 32.2. The Labute approximate surface area is 102 Å². The highest BCUT2D eigenvalue weighted by molar-refractivity contribution is 7.89. The Hall–Kier alpha value is -0.910. The summed E-state index contributed by atoms with van der Waals surface area (Å²) in [5.41, 5.74) is 6.81. The molecule has 5 heteroatoms. The second-order valence-corrected chi connectivity index (χ2v) is 6.42. The van der Waals surface area contributed by atoms with E-state index in [-0.39, 0.29) is 5.75 Å². The number of hydrogen-bond acceptors (Lipinski definition) is 3. The summed E-state index contributed by atoms with van der Waals surface area (Å²) >= 11 is 0. The van der Waals surface area contributed by atoms with Gasteiger partial charge in [0.2, 0.25) is 10.0 Å². The highest BCUT2D eigenvalue weighted by Gasteiger charge is 2.27. The normalized spacial score (nSPS) is 19.4. The van der Waals surface area contributed by atoms with Gasteiger partial charge < -0.3 is 5.73 Å². The molecule has 0 spiro atoms. The van der Waals surface area contributed by atoms with E-state index < -0.39 is 16.1 Å². The van der Waals surface area contributed by atoms with E-state index in [4.69, 9.17) is 5.73 Å². The molecule has 4 nitrogen and oxygen atoms in total. The fraction of sp³-hybridized carbons (Fsp3) is 0.500. The average molecular weight is 254 g/mol. The zero-order valence-electron chi connectivity index (χ0n) is 9.75. The lowest BCUT2D eigenvalue weighted by molar-refractivity contribution is 0.473. The van der Waals surface area contributed by atoms with Gasteiger partial charge in [0.1, 0.15) is 0 Å². The van der Waals surface area contributed by atoms with Crippen molar-refractivity contribution in [3.8, 4) is 0 Å². The van der Waals surface area contributed by atoms with Gasteiger partial charge in [-0.3, -0.25) is 0 Å². The fourth-order valence-corrected chi connectivity index (χ4v) is 3.77. The molecule has 1 aliphatic heterocycles. The number of nitrogens with two attached hydrogens (primary N) is 1. The molecule has 1 saturated heterocycles. The third-order valence-electron chi connectivity index (χ3n) is 3.08. The Morgan fingerprint density at radius 3 is 2.35 bits per heavy atom. The number of benzene rings is 1. The second-order valence-electron chi connectivity index (χ2n) is 4.40. The first-order valence-electron chi connectivity index (χ1n) is 5.88. The Morgan fingerprint density at radius 2 is 1.76 bits per heavy atom. The van der Waals surface area contributed by atoms with Gasteiger partial charge in [0.05, 0.1) is 5.75 Å². The summed E-state index contributed by atoms with van der Waals surface area (Å²) in [6.45, 7) is 1.29. The van der Waals surface area contributed by atoms with E-state index in [9.17, 15) is 8.42 Å². The van der Waals surface area contributed by atoms with Crippen molar-refractivity contribution >= 4 is 10.0 Å². The smallest absolute Gasteiger partial charge is 0.215 e. The van der Waals surface area contributed by atoms with Gasteiger partial charge in [-0.05, 0) is 18.4 Å². The Balaban J connectivity index is 2.05. The molecule has 2 rings (SSSR count). The van der Waals surface area contributed by atoms with Crippen LogP contribution in [0.1, 0.15) is 24.4 Å². The van der Waals surface area contributed by atoms with Crippen LogP contribution < -0.4 is 5.73 Å². The van der Waals surface area contributed by atoms with Gasteiger partial charge in [0.25, 0.3) is 0 Å². The average Bonchev–Trinajstić information content (AvgIpc) is 2.84. The minimum Gasteiger partial charge on any atom is -0.323 e. The third-order valence-corrected chi connectivity index (χ3v) is 5.01. The van der Waals surface area contributed by atoms with E-state index in [0.29, 0.717) is 13.1 Å². The molecule has 1 aromatic rings. The molecule has 17 heavy (non-hydrogen) atoms. The van der Waals surface area contributed by atoms with Gasteiger partial charge in [0.15, 0.2) is 0 Å². The molecule has 0 amide bonds. The van der Waals surface area contributed by atoms with Crippen molar-refractivity contribution in [2.75, 3.05) is 18.8 Å². The SMILES string of the molecule is NC(CS(=O)(=O)N1CCCC1)c1ccccc1. The number of sulfonamides is 1. The largest absolute Gasteiger partial charge is 0.323 e. The van der Waals surface area contributed by atoms with Crippen molar-refractivity contribution in [2.24, 2.45) is 5.73 Å². The van der Waals surface area contributed by atoms with Crippen LogP contribution in [0.4, 0.5) is 0 Å². The summed E-state index contributed by atoms with van der Waals surface area (Å²) in [5, 5.41) is 0. The van der Waals surface area contributed by atoms with Crippen LogP contribution in [0.2, 0.25) is 0 Å². The lowest BCUT2D eigenvalue weighted by Gasteiger charge is -2.19. The van der Waals surface area contributed by atoms with Gasteiger partial charge in [-0.1, -0.05) is 30.3 Å². The van der Waals surface area contributed by atoms with Crippen LogP contribution in [-0.2, 0) is 10.0 Å². The maximum atomic E-state index is 12.1. The van der Waals surface area contributed by atoms with E-state index in [1.54, 1.807) is 4.31 Å². The van der Waals surface area contributed by atoms with Gasteiger partial charge >= 0.3 is 0 Å². The number of rotatable bonds is 4. The molecule has 94 valence electrons. The molecule has 1 unspecified atom stereocenters. The van der Waals surface area contributed by atoms with E-state index in [1.165, 1.54) is 0 Å². The predicted octanol–water partition coefficient (Wildman–Crippen LogP) is 1.11. The van der Waals surface area contributed by atoms with Crippen LogP contribution in [0.25, 0.3) is 0 Å². The molecule has 1 aliphatic rings. The van der Waals surface area contributed by atoms with Gasteiger partial charge in [-0.25, -0.2) is 12.7 Å². The molecular weight excluding hydrogens is 236 g/mol. The quantitative estimate of drug-likeness (QED) is 0.875. The maximum absolute atomic E-state index is 12.1. The molecule has 0 bridgehead atoms. The summed E-state index contributed by atoms with van der Waals surface area (Å²) in [6.07, 6.45) is 1.92. The van der Waals surface area contributed by atoms with Crippen LogP contribution in [-0.4, -0.2) is 31.6 Å². The van der Waals surface area contributed by atoms with E-state index >= 15 is 0 Å². The summed E-state index contributed by atoms with van der Waals surface area (Å²) in [4.78, 5) is 0. The Morgan fingerprint density at radius 1 is 1.18 bits per heavy atom. The molecule has 1 heterocycles. The monoisotopic (exact) mass is 254 g/mol. The van der Waals surface area contributed by atoms with Crippen molar-refractivity contribution in [3.05, 3.63) is 35.9 Å². The summed E-state index contributed by atoms with van der Waals surface area (Å²) in [7, 11) is -3.20. The first kappa shape index (κ1) is 12.5. The van der Waals surface area contributed by atoms with Gasteiger partial charge in [0, 0.05) is 19.1 Å². The highest BCUT2D eigenvalue weighted by Crippen LogP contribution is 2.18. The molecule has 1 fully saturated rings. The molecular formula is C12H18N2O2S. The van der Waals surface area contributed by atoms with E-state index in [0.717, 1.165) is 18.4 Å². The summed E-state index contributed by atoms with van der Waals surface area (Å²) in [5.74, 6) is -0.00296. The molecule has 1 atom stereocenters. The van der Waals surface area contributed by atoms with Crippen molar-refractivity contribution in [1.82, 2.24) is 4.31 Å². The first-order valence-corrected chi connectivity index (χ1v) is 7.49. The van der Waals surface area contributed by atoms with E-state index in [1.807, 2.05) is 30.3 Å². The molecule has 0 saturated carbocycles. The van der Waals surface area contributed by atoms with Crippen LogP contribution >= 0.6 is 0 Å². The lowest BCUT2D eigenvalue weighted by atomic mass is 10.1. The first-order chi connectivity index (χ1) is 8.09. The summed E-state index contributed by atoms with van der Waals surface area (Å²) in [6, 6.07) is 8.93. The van der Waals surface area contributed by atoms with Gasteiger partial charge in [-0.15, -0.1) is 0 Å². The molecule has 0 aliphatic carbocycles. The molecule has 1 aromatic carbocycles. The Bertz CT molecular complexity index is 453. The lowest BCUT2D eigenvalue weighted by Crippen LogP contribution is -2.34. The van der Waals surface area contributed by atoms with Gasteiger partial charge in [-0.2, -0.15) is 0 Å². The molecule has 0 radical (unpaired) electrons. The fourth-order valence-electron chi connectivity index (χ4n) is 2.10. The zero-order valence-corrected chi connectivity index (χ0v) is 10.6. The van der Waals surface area contributed by atoms with Crippen molar-refractivity contribution < 1.29 is 8.42 Å². The second kappa shape index (κ2) is 5.16.